The number of phenolic OH excluding ortho intramolecular Hbond substituents is 1. The van der Waals surface area contributed by atoms with Crippen molar-refractivity contribution in [3.63, 3.8) is 0 Å². The lowest BCUT2D eigenvalue weighted by Crippen LogP contribution is -2.43. The fraction of sp³-hybridized carbons (Fsp3) is 0.375. The molecule has 25 heavy (non-hydrogen) atoms. The molecule has 1 rings (SSSR count). The van der Waals surface area contributed by atoms with Gasteiger partial charge in [0.15, 0.2) is 5.75 Å². The van der Waals surface area contributed by atoms with E-state index in [1.165, 1.54) is 6.07 Å². The molecule has 0 bridgehead atoms. The number of nitro benzene ring substituents is 1. The Balaban J connectivity index is 2.92. The highest BCUT2D eigenvalue weighted by Crippen LogP contribution is 2.26. The second kappa shape index (κ2) is 9.26. The first-order valence-corrected chi connectivity index (χ1v) is 7.45. The van der Waals surface area contributed by atoms with Crippen LogP contribution in [0.25, 0.3) is 0 Å². The van der Waals surface area contributed by atoms with E-state index in [4.69, 9.17) is 9.47 Å². The summed E-state index contributed by atoms with van der Waals surface area (Å²) < 4.78 is 9.77. The molecular formula is C16H20N2O7. The largest absolute Gasteiger partial charge is 0.502 e. The number of ether oxygens (including phenoxy) is 2. The third-order valence-corrected chi connectivity index (χ3v) is 2.99. The summed E-state index contributed by atoms with van der Waals surface area (Å²) in [6, 6.07) is 2.59. The van der Waals surface area contributed by atoms with Crippen molar-refractivity contribution in [3.8, 4) is 5.75 Å². The van der Waals surface area contributed by atoms with Crippen molar-refractivity contribution in [1.82, 2.24) is 5.32 Å². The Morgan fingerprint density at radius 3 is 2.64 bits per heavy atom. The zero-order chi connectivity index (χ0) is 19.0. The number of rotatable bonds is 8. The average molecular weight is 352 g/mol. The Morgan fingerprint density at radius 1 is 1.40 bits per heavy atom. The van der Waals surface area contributed by atoms with Crippen LogP contribution in [0.3, 0.4) is 0 Å². The summed E-state index contributed by atoms with van der Waals surface area (Å²) in [7, 11) is 0. The summed E-state index contributed by atoms with van der Waals surface area (Å²) in [6.07, 6.45) is -0.906. The highest BCUT2D eigenvalue weighted by molar-refractivity contribution is 5.81. The molecular weight excluding hydrogens is 332 g/mol. The lowest BCUT2D eigenvalue weighted by molar-refractivity contribution is -0.385. The van der Waals surface area contributed by atoms with Crippen LogP contribution in [0, 0.1) is 10.1 Å². The number of benzene rings is 1. The van der Waals surface area contributed by atoms with Gasteiger partial charge in [0.2, 0.25) is 0 Å². The minimum Gasteiger partial charge on any atom is -0.502 e. The van der Waals surface area contributed by atoms with Crippen LogP contribution in [0.1, 0.15) is 19.4 Å². The van der Waals surface area contributed by atoms with Crippen molar-refractivity contribution >= 4 is 17.7 Å². The van der Waals surface area contributed by atoms with E-state index in [-0.39, 0.29) is 19.6 Å². The van der Waals surface area contributed by atoms with Crippen molar-refractivity contribution in [3.05, 3.63) is 46.0 Å². The minimum atomic E-state index is -1.10. The van der Waals surface area contributed by atoms with Gasteiger partial charge in [-0.25, -0.2) is 9.59 Å². The highest BCUT2D eigenvalue weighted by atomic mass is 16.6. The van der Waals surface area contributed by atoms with Crippen molar-refractivity contribution in [1.29, 1.82) is 0 Å². The monoisotopic (exact) mass is 352 g/mol. The van der Waals surface area contributed by atoms with E-state index >= 15 is 0 Å². The van der Waals surface area contributed by atoms with Crippen molar-refractivity contribution < 1.29 is 29.1 Å². The number of amides is 1. The summed E-state index contributed by atoms with van der Waals surface area (Å²) in [4.78, 5) is 33.9. The fourth-order valence-electron chi connectivity index (χ4n) is 1.89. The van der Waals surface area contributed by atoms with Crippen LogP contribution in [0.15, 0.2) is 30.4 Å². The summed E-state index contributed by atoms with van der Waals surface area (Å²) >= 11 is 0. The molecule has 1 amide bonds. The van der Waals surface area contributed by atoms with Crippen molar-refractivity contribution in [2.24, 2.45) is 0 Å². The Labute approximate surface area is 144 Å². The predicted octanol–water partition coefficient (Wildman–Crippen LogP) is 2.08. The van der Waals surface area contributed by atoms with Crippen LogP contribution >= 0.6 is 0 Å². The molecule has 2 N–H and O–H groups in total. The quantitative estimate of drug-likeness (QED) is 0.317. The number of carbonyl (C=O) groups excluding carboxylic acids is 2. The number of carbonyl (C=O) groups is 2. The van der Waals surface area contributed by atoms with Crippen LogP contribution in [0.4, 0.5) is 10.5 Å². The highest BCUT2D eigenvalue weighted by Gasteiger charge is 2.24. The number of hydrogen-bond acceptors (Lipinski definition) is 7. The molecule has 0 aliphatic heterocycles. The molecule has 0 heterocycles. The lowest BCUT2D eigenvalue weighted by Gasteiger charge is -2.17. The van der Waals surface area contributed by atoms with Gasteiger partial charge in [-0.1, -0.05) is 12.6 Å². The van der Waals surface area contributed by atoms with E-state index in [1.807, 2.05) is 0 Å². The van der Waals surface area contributed by atoms with E-state index in [2.05, 4.69) is 11.9 Å². The maximum Gasteiger partial charge on any atom is 0.408 e. The standard InChI is InChI=1S/C16H20N2O7/c1-4-24-15(20)12(17-16(21)25-9-10(2)3)7-11-5-6-14(19)13(8-11)18(22)23/h5-6,8,12,19H,2,4,7,9H2,1,3H3,(H,17,21)/t12-/m0/s1. The normalized spacial score (nSPS) is 11.3. The van der Waals surface area contributed by atoms with Crippen LogP contribution < -0.4 is 5.32 Å². The van der Waals surface area contributed by atoms with E-state index in [0.717, 1.165) is 12.1 Å². The molecule has 0 aromatic heterocycles. The molecule has 0 unspecified atom stereocenters. The van der Waals surface area contributed by atoms with Crippen LogP contribution in [0.2, 0.25) is 0 Å². The molecule has 0 saturated carbocycles. The van der Waals surface area contributed by atoms with E-state index in [1.54, 1.807) is 13.8 Å². The predicted molar refractivity (Wildman–Crippen MR) is 88.2 cm³/mol. The van der Waals surface area contributed by atoms with Crippen LogP contribution in [0.5, 0.6) is 5.75 Å². The molecule has 9 nitrogen and oxygen atoms in total. The SMILES string of the molecule is C=C(C)COC(=O)N[C@@H](Cc1ccc(O)c([N+](=O)[O-])c1)C(=O)OCC. The first kappa shape index (κ1) is 19.9. The molecule has 9 heteroatoms. The smallest absolute Gasteiger partial charge is 0.408 e. The molecule has 1 atom stereocenters. The maximum atomic E-state index is 12.0. The van der Waals surface area contributed by atoms with Gasteiger partial charge < -0.3 is 19.9 Å². The molecule has 1 aromatic rings. The third kappa shape index (κ3) is 6.50. The van der Waals surface area contributed by atoms with Gasteiger partial charge in [-0.3, -0.25) is 10.1 Å². The van der Waals surface area contributed by atoms with Gasteiger partial charge in [-0.05, 0) is 31.1 Å². The number of nitro groups is 1. The first-order valence-electron chi connectivity index (χ1n) is 7.45. The van der Waals surface area contributed by atoms with Gasteiger partial charge in [0.05, 0.1) is 11.5 Å². The second-order valence-corrected chi connectivity index (χ2v) is 5.27. The maximum absolute atomic E-state index is 12.0. The summed E-state index contributed by atoms with van der Waals surface area (Å²) in [6.45, 7) is 6.97. The Hall–Kier alpha value is -3.10. The summed E-state index contributed by atoms with van der Waals surface area (Å²) in [5, 5.41) is 22.7. The number of phenols is 1. The lowest BCUT2D eigenvalue weighted by atomic mass is 10.0. The Kier molecular flexibility index (Phi) is 7.39. The number of nitrogens with zero attached hydrogens (tertiary/aromatic N) is 1. The van der Waals surface area contributed by atoms with Crippen LogP contribution in [-0.4, -0.2) is 41.3 Å². The van der Waals surface area contributed by atoms with Gasteiger partial charge in [-0.2, -0.15) is 0 Å². The molecule has 0 fully saturated rings. The van der Waals surface area contributed by atoms with Gasteiger partial charge in [0, 0.05) is 12.5 Å². The number of esters is 1. The van der Waals surface area contributed by atoms with Crippen molar-refractivity contribution in [2.75, 3.05) is 13.2 Å². The Morgan fingerprint density at radius 2 is 2.08 bits per heavy atom. The minimum absolute atomic E-state index is 0.00788. The topological polar surface area (TPSA) is 128 Å². The van der Waals surface area contributed by atoms with Gasteiger partial charge in [0.25, 0.3) is 0 Å². The number of aromatic hydroxyl groups is 1. The third-order valence-electron chi connectivity index (χ3n) is 2.99. The van der Waals surface area contributed by atoms with E-state index < -0.39 is 34.5 Å². The summed E-state index contributed by atoms with van der Waals surface area (Å²) in [5.41, 5.74) is 0.490. The molecule has 1 aromatic carbocycles. The fourth-order valence-corrected chi connectivity index (χ4v) is 1.89. The molecule has 136 valence electrons. The molecule has 0 saturated heterocycles. The van der Waals surface area contributed by atoms with Crippen LogP contribution in [-0.2, 0) is 20.7 Å². The second-order valence-electron chi connectivity index (χ2n) is 5.27. The van der Waals surface area contributed by atoms with Gasteiger partial charge >= 0.3 is 17.7 Å². The molecule has 0 spiro atoms. The van der Waals surface area contributed by atoms with E-state index in [0.29, 0.717) is 11.1 Å². The number of nitrogens with one attached hydrogen (secondary N) is 1. The van der Waals surface area contributed by atoms with Gasteiger partial charge in [0.1, 0.15) is 12.6 Å². The Bertz CT molecular complexity index is 672. The first-order chi connectivity index (χ1) is 11.7. The van der Waals surface area contributed by atoms with E-state index in [9.17, 15) is 24.8 Å². The number of alkyl carbamates (subject to hydrolysis) is 1. The van der Waals surface area contributed by atoms with Crippen molar-refractivity contribution in [2.45, 2.75) is 26.3 Å². The zero-order valence-corrected chi connectivity index (χ0v) is 14.0. The van der Waals surface area contributed by atoms with Gasteiger partial charge in [-0.15, -0.1) is 0 Å². The summed E-state index contributed by atoms with van der Waals surface area (Å²) in [5.74, 6) is -1.19. The average Bonchev–Trinajstić information content (AvgIpc) is 2.54. The molecule has 0 aliphatic rings. The number of hydrogen-bond donors (Lipinski definition) is 2. The molecule has 0 radical (unpaired) electrons. The zero-order valence-electron chi connectivity index (χ0n) is 14.0. The molecule has 0 aliphatic carbocycles.